The maximum Gasteiger partial charge on any atom is 0.225 e. The van der Waals surface area contributed by atoms with Crippen molar-refractivity contribution in [3.05, 3.63) is 22.9 Å². The quantitative estimate of drug-likeness (QED) is 0.359. The number of ether oxygens (including phenoxy) is 1. The highest BCUT2D eigenvalue weighted by Crippen LogP contribution is 2.27. The largest absolute Gasteiger partial charge is 0.474 e. The summed E-state index contributed by atoms with van der Waals surface area (Å²) >= 11 is 0. The van der Waals surface area contributed by atoms with Crippen LogP contribution < -0.4 is 10.5 Å². The maximum atomic E-state index is 8.77. The van der Waals surface area contributed by atoms with Crippen molar-refractivity contribution >= 4 is 5.84 Å². The van der Waals surface area contributed by atoms with Crippen LogP contribution in [0.1, 0.15) is 37.1 Å². The molecule has 0 bridgehead atoms. The first-order valence-corrected chi connectivity index (χ1v) is 5.79. The van der Waals surface area contributed by atoms with Gasteiger partial charge < -0.3 is 15.7 Å². The zero-order valence-corrected chi connectivity index (χ0v) is 10.1. The Balaban J connectivity index is 2.47. The van der Waals surface area contributed by atoms with E-state index in [0.29, 0.717) is 11.4 Å². The second-order valence-corrected chi connectivity index (χ2v) is 4.45. The minimum Gasteiger partial charge on any atom is -0.474 e. The first-order valence-electron chi connectivity index (χ1n) is 5.79. The van der Waals surface area contributed by atoms with E-state index in [-0.39, 0.29) is 11.9 Å². The highest BCUT2D eigenvalue weighted by molar-refractivity contribution is 5.99. The number of aromatic nitrogens is 1. The summed E-state index contributed by atoms with van der Waals surface area (Å²) < 4.78 is 5.61. The van der Waals surface area contributed by atoms with Gasteiger partial charge in [0.15, 0.2) is 5.84 Å². The van der Waals surface area contributed by atoms with Gasteiger partial charge in [0.05, 0.1) is 11.7 Å². The molecule has 0 fully saturated rings. The molecular formula is C12H17N3O2. The number of hydrogen-bond acceptors (Lipinski definition) is 4. The van der Waals surface area contributed by atoms with Crippen molar-refractivity contribution in [2.45, 2.75) is 39.2 Å². The Morgan fingerprint density at radius 3 is 2.94 bits per heavy atom. The van der Waals surface area contributed by atoms with Gasteiger partial charge in [-0.3, -0.25) is 0 Å². The predicted molar refractivity (Wildman–Crippen MR) is 64.5 cm³/mol. The SMILES string of the molecule is CC(C)Oc1nc2c(cc1C(N)=NO)CCC2. The zero-order valence-electron chi connectivity index (χ0n) is 10.1. The molecule has 0 amide bonds. The lowest BCUT2D eigenvalue weighted by Gasteiger charge is -2.14. The summed E-state index contributed by atoms with van der Waals surface area (Å²) in [5, 5.41) is 11.8. The van der Waals surface area contributed by atoms with Gasteiger partial charge >= 0.3 is 0 Å². The third-order valence-electron chi connectivity index (χ3n) is 2.75. The van der Waals surface area contributed by atoms with E-state index in [9.17, 15) is 0 Å². The summed E-state index contributed by atoms with van der Waals surface area (Å²) in [4.78, 5) is 4.47. The van der Waals surface area contributed by atoms with E-state index in [4.69, 9.17) is 15.7 Å². The molecule has 5 nitrogen and oxygen atoms in total. The fourth-order valence-corrected chi connectivity index (χ4v) is 2.00. The van der Waals surface area contributed by atoms with E-state index in [0.717, 1.165) is 25.0 Å². The van der Waals surface area contributed by atoms with Gasteiger partial charge in [-0.05, 0) is 44.7 Å². The lowest BCUT2D eigenvalue weighted by atomic mass is 10.1. The molecule has 0 saturated carbocycles. The third-order valence-corrected chi connectivity index (χ3v) is 2.75. The van der Waals surface area contributed by atoms with Crippen molar-refractivity contribution in [1.82, 2.24) is 4.98 Å². The number of hydrogen-bond donors (Lipinski definition) is 2. The second-order valence-electron chi connectivity index (χ2n) is 4.45. The van der Waals surface area contributed by atoms with Crippen LogP contribution in [-0.2, 0) is 12.8 Å². The van der Waals surface area contributed by atoms with Crippen molar-refractivity contribution < 1.29 is 9.94 Å². The Kier molecular flexibility index (Phi) is 3.17. The predicted octanol–water partition coefficient (Wildman–Crippen LogP) is 1.45. The van der Waals surface area contributed by atoms with Crippen LogP contribution in [0.3, 0.4) is 0 Å². The van der Waals surface area contributed by atoms with Gasteiger partial charge in [0.25, 0.3) is 0 Å². The van der Waals surface area contributed by atoms with Gasteiger partial charge in [0.2, 0.25) is 5.88 Å². The van der Waals surface area contributed by atoms with Crippen molar-refractivity contribution in [3.63, 3.8) is 0 Å². The number of oxime groups is 1. The standard InChI is InChI=1S/C12H17N3O2/c1-7(2)17-12-9(11(13)15-16)6-8-4-3-5-10(8)14-12/h6-7,16H,3-5H2,1-2H3,(H2,13,15). The van der Waals surface area contributed by atoms with Gasteiger partial charge in [-0.25, -0.2) is 4.98 Å². The Bertz CT molecular complexity index is 455. The smallest absolute Gasteiger partial charge is 0.225 e. The molecule has 0 atom stereocenters. The molecule has 3 N–H and O–H groups in total. The van der Waals surface area contributed by atoms with Crippen LogP contribution in [0.2, 0.25) is 0 Å². The lowest BCUT2D eigenvalue weighted by molar-refractivity contribution is 0.231. The Hall–Kier alpha value is -1.78. The summed E-state index contributed by atoms with van der Waals surface area (Å²) in [5.74, 6) is 0.499. The molecule has 1 aromatic heterocycles. The molecule has 1 aliphatic carbocycles. The minimum absolute atomic E-state index is 0.00666. The minimum atomic E-state index is 0.00666. The van der Waals surface area contributed by atoms with E-state index < -0.39 is 0 Å². The number of nitrogens with two attached hydrogens (primary N) is 1. The van der Waals surface area contributed by atoms with Gasteiger partial charge in [0.1, 0.15) is 0 Å². The van der Waals surface area contributed by atoms with E-state index in [1.54, 1.807) is 0 Å². The number of amidine groups is 1. The molecule has 0 unspecified atom stereocenters. The molecule has 1 aromatic rings. The lowest BCUT2D eigenvalue weighted by Crippen LogP contribution is -2.18. The van der Waals surface area contributed by atoms with Crippen LogP contribution in [0.15, 0.2) is 11.2 Å². The number of aryl methyl sites for hydroxylation is 2. The third kappa shape index (κ3) is 2.33. The highest BCUT2D eigenvalue weighted by atomic mass is 16.5. The van der Waals surface area contributed by atoms with E-state index in [2.05, 4.69) is 10.1 Å². The first-order chi connectivity index (χ1) is 8.11. The summed E-state index contributed by atoms with van der Waals surface area (Å²) in [7, 11) is 0. The average Bonchev–Trinajstić information content (AvgIpc) is 2.73. The van der Waals surface area contributed by atoms with Crippen LogP contribution in [0.25, 0.3) is 0 Å². The number of rotatable bonds is 3. The number of fused-ring (bicyclic) bond motifs is 1. The monoisotopic (exact) mass is 235 g/mol. The number of nitrogens with zero attached hydrogens (tertiary/aromatic N) is 2. The molecule has 0 radical (unpaired) electrons. The molecule has 5 heteroatoms. The summed E-state index contributed by atoms with van der Waals surface area (Å²) in [5.41, 5.74) is 8.45. The molecule has 17 heavy (non-hydrogen) atoms. The van der Waals surface area contributed by atoms with Crippen molar-refractivity contribution in [1.29, 1.82) is 0 Å². The number of pyridine rings is 1. The normalized spacial score (nSPS) is 15.1. The van der Waals surface area contributed by atoms with E-state index >= 15 is 0 Å². The van der Waals surface area contributed by atoms with Gasteiger partial charge in [-0.15, -0.1) is 0 Å². The molecule has 2 rings (SSSR count). The van der Waals surface area contributed by atoms with Crippen molar-refractivity contribution in [3.8, 4) is 5.88 Å². The molecule has 0 spiro atoms. The molecule has 1 heterocycles. The maximum absolute atomic E-state index is 8.77. The topological polar surface area (TPSA) is 80.7 Å². The van der Waals surface area contributed by atoms with Crippen LogP contribution in [0.5, 0.6) is 5.88 Å². The molecule has 92 valence electrons. The molecule has 0 saturated heterocycles. The van der Waals surface area contributed by atoms with Gasteiger partial charge in [-0.2, -0.15) is 0 Å². The summed E-state index contributed by atoms with van der Waals surface area (Å²) in [6.45, 7) is 3.84. The summed E-state index contributed by atoms with van der Waals surface area (Å²) in [6.07, 6.45) is 3.08. The molecule has 0 aromatic carbocycles. The van der Waals surface area contributed by atoms with Crippen molar-refractivity contribution in [2.24, 2.45) is 10.9 Å². The van der Waals surface area contributed by atoms with Crippen LogP contribution >= 0.6 is 0 Å². The Morgan fingerprint density at radius 2 is 2.29 bits per heavy atom. The van der Waals surface area contributed by atoms with Gasteiger partial charge in [-0.1, -0.05) is 5.16 Å². The van der Waals surface area contributed by atoms with E-state index in [1.807, 2.05) is 19.9 Å². The van der Waals surface area contributed by atoms with Crippen LogP contribution in [-0.4, -0.2) is 22.1 Å². The molecule has 0 aliphatic heterocycles. The van der Waals surface area contributed by atoms with E-state index in [1.165, 1.54) is 5.56 Å². The van der Waals surface area contributed by atoms with Crippen LogP contribution in [0.4, 0.5) is 0 Å². The highest BCUT2D eigenvalue weighted by Gasteiger charge is 2.19. The van der Waals surface area contributed by atoms with Gasteiger partial charge in [0, 0.05) is 5.69 Å². The Labute approximate surface area is 100 Å². The van der Waals surface area contributed by atoms with Crippen LogP contribution in [0, 0.1) is 0 Å². The second kappa shape index (κ2) is 4.61. The first kappa shape index (κ1) is 11.7. The molecule has 1 aliphatic rings. The average molecular weight is 235 g/mol. The fraction of sp³-hybridized carbons (Fsp3) is 0.500. The molecular weight excluding hydrogens is 218 g/mol. The van der Waals surface area contributed by atoms with Crippen molar-refractivity contribution in [2.75, 3.05) is 0 Å². The fourth-order valence-electron chi connectivity index (χ4n) is 2.00. The zero-order chi connectivity index (χ0) is 12.4. The summed E-state index contributed by atoms with van der Waals surface area (Å²) in [6, 6.07) is 1.92. The Morgan fingerprint density at radius 1 is 1.53 bits per heavy atom.